The number of thioether (sulfide) groups is 1. The van der Waals surface area contributed by atoms with Crippen LogP contribution in [0.1, 0.15) is 25.8 Å². The van der Waals surface area contributed by atoms with Gasteiger partial charge < -0.3 is 0 Å². The molecule has 0 spiro atoms. The van der Waals surface area contributed by atoms with Crippen LogP contribution in [-0.2, 0) is 16.0 Å². The molecule has 1 atom stereocenters. The topological polar surface area (TPSA) is 50.3 Å². The van der Waals surface area contributed by atoms with Crippen molar-refractivity contribution in [2.24, 2.45) is 5.92 Å². The quantitative estimate of drug-likeness (QED) is 0.848. The van der Waals surface area contributed by atoms with Crippen molar-refractivity contribution in [3.63, 3.8) is 0 Å². The Morgan fingerprint density at radius 1 is 1.58 bits per heavy atom. The molecular weight excluding hydrogens is 260 g/mol. The zero-order valence-corrected chi connectivity index (χ0v) is 12.1. The third-order valence-electron chi connectivity index (χ3n) is 3.22. The molecule has 0 aliphatic carbocycles. The van der Waals surface area contributed by atoms with Crippen LogP contribution in [0.5, 0.6) is 0 Å². The van der Waals surface area contributed by atoms with Crippen molar-refractivity contribution in [3.05, 3.63) is 23.9 Å². The predicted octanol–water partition coefficient (Wildman–Crippen LogP) is 2.28. The molecular formula is C14H18N2O2S. The molecule has 1 aliphatic heterocycles. The van der Waals surface area contributed by atoms with E-state index in [-0.39, 0.29) is 16.9 Å². The molecule has 0 radical (unpaired) electrons. The van der Waals surface area contributed by atoms with E-state index in [1.807, 2.05) is 12.1 Å². The van der Waals surface area contributed by atoms with Crippen LogP contribution >= 0.6 is 11.8 Å². The van der Waals surface area contributed by atoms with Crippen LogP contribution in [0.4, 0.5) is 5.82 Å². The zero-order chi connectivity index (χ0) is 13.8. The van der Waals surface area contributed by atoms with E-state index in [4.69, 9.17) is 0 Å². The molecule has 19 heavy (non-hydrogen) atoms. The average molecular weight is 278 g/mol. The van der Waals surface area contributed by atoms with Gasteiger partial charge in [0.15, 0.2) is 5.12 Å². The van der Waals surface area contributed by atoms with E-state index in [2.05, 4.69) is 11.9 Å². The summed E-state index contributed by atoms with van der Waals surface area (Å²) in [5, 5.41) is 0.108. The lowest BCUT2D eigenvalue weighted by molar-refractivity contribution is -0.117. The van der Waals surface area contributed by atoms with Crippen molar-refractivity contribution in [3.8, 4) is 0 Å². The Balaban J connectivity index is 2.04. The Morgan fingerprint density at radius 2 is 2.37 bits per heavy atom. The Bertz CT molecular complexity index is 490. The average Bonchev–Trinajstić information content (AvgIpc) is 2.78. The highest BCUT2D eigenvalue weighted by Gasteiger charge is 2.31. The maximum atomic E-state index is 12.0. The van der Waals surface area contributed by atoms with Crippen molar-refractivity contribution in [1.29, 1.82) is 0 Å². The van der Waals surface area contributed by atoms with E-state index >= 15 is 0 Å². The molecule has 102 valence electrons. The van der Waals surface area contributed by atoms with Crippen LogP contribution < -0.4 is 4.90 Å². The Morgan fingerprint density at radius 3 is 3.05 bits per heavy atom. The lowest BCUT2D eigenvalue weighted by Crippen LogP contribution is -2.25. The van der Waals surface area contributed by atoms with Gasteiger partial charge in [-0.05, 0) is 30.0 Å². The largest absolute Gasteiger partial charge is 0.296 e. The molecule has 0 aromatic carbocycles. The molecule has 1 aromatic heterocycles. The minimum Gasteiger partial charge on any atom is -0.296 e. The van der Waals surface area contributed by atoms with Crippen molar-refractivity contribution in [1.82, 2.24) is 4.98 Å². The van der Waals surface area contributed by atoms with Crippen LogP contribution in [0, 0.1) is 5.92 Å². The molecule has 1 amide bonds. The van der Waals surface area contributed by atoms with Crippen LogP contribution in [0.15, 0.2) is 18.3 Å². The van der Waals surface area contributed by atoms with Gasteiger partial charge in [-0.15, -0.1) is 0 Å². The van der Waals surface area contributed by atoms with Gasteiger partial charge in [0.2, 0.25) is 5.91 Å². The molecule has 1 unspecified atom stereocenters. The lowest BCUT2D eigenvalue weighted by Gasteiger charge is -2.16. The van der Waals surface area contributed by atoms with Crippen molar-refractivity contribution >= 4 is 28.6 Å². The molecule has 1 aromatic rings. The third kappa shape index (κ3) is 3.56. The van der Waals surface area contributed by atoms with E-state index in [0.717, 1.165) is 12.2 Å². The van der Waals surface area contributed by atoms with Crippen molar-refractivity contribution in [2.45, 2.75) is 26.7 Å². The molecule has 5 heteroatoms. The minimum atomic E-state index is 0.106. The normalized spacial score (nSPS) is 18.9. The number of anilines is 1. The summed E-state index contributed by atoms with van der Waals surface area (Å²) in [6, 6.07) is 3.94. The Hall–Kier alpha value is -1.36. The number of carbonyl (C=O) groups is 2. The molecule has 1 saturated heterocycles. The third-order valence-corrected chi connectivity index (χ3v) is 4.27. The van der Waals surface area contributed by atoms with Gasteiger partial charge in [-0.25, -0.2) is 4.98 Å². The molecule has 1 fully saturated rings. The standard InChI is InChI=1S/C14H18N2O2S/c1-3-11-4-5-15-13(6-11)16-8-12(7-14(16)18)9-19-10(2)17/h4-6,12H,3,7-9H2,1-2H3. The number of hydrogen-bond donors (Lipinski definition) is 0. The maximum Gasteiger partial charge on any atom is 0.228 e. The monoisotopic (exact) mass is 278 g/mol. The van der Waals surface area contributed by atoms with E-state index in [9.17, 15) is 9.59 Å². The number of aromatic nitrogens is 1. The second kappa shape index (κ2) is 6.19. The minimum absolute atomic E-state index is 0.106. The van der Waals surface area contributed by atoms with Gasteiger partial charge in [-0.2, -0.15) is 0 Å². The second-order valence-electron chi connectivity index (χ2n) is 4.75. The van der Waals surface area contributed by atoms with Gasteiger partial charge in [0.25, 0.3) is 0 Å². The summed E-state index contributed by atoms with van der Waals surface area (Å²) in [7, 11) is 0. The number of amides is 1. The second-order valence-corrected chi connectivity index (χ2v) is 5.95. The van der Waals surface area contributed by atoms with Gasteiger partial charge in [0, 0.05) is 31.8 Å². The van der Waals surface area contributed by atoms with Crippen LogP contribution in [0.3, 0.4) is 0 Å². The first-order valence-corrected chi connectivity index (χ1v) is 7.47. The molecule has 2 heterocycles. The highest BCUT2D eigenvalue weighted by molar-refractivity contribution is 8.13. The summed E-state index contributed by atoms with van der Waals surface area (Å²) in [5.41, 5.74) is 1.18. The van der Waals surface area contributed by atoms with Crippen LogP contribution in [-0.4, -0.2) is 28.3 Å². The molecule has 2 rings (SSSR count). The number of hydrogen-bond acceptors (Lipinski definition) is 4. The summed E-state index contributed by atoms with van der Waals surface area (Å²) in [6.07, 6.45) is 3.19. The van der Waals surface area contributed by atoms with Crippen LogP contribution in [0.2, 0.25) is 0 Å². The van der Waals surface area contributed by atoms with Crippen molar-refractivity contribution in [2.75, 3.05) is 17.2 Å². The Kier molecular flexibility index (Phi) is 4.58. The van der Waals surface area contributed by atoms with Gasteiger partial charge in [0.1, 0.15) is 5.82 Å². The van der Waals surface area contributed by atoms with Gasteiger partial charge in [0.05, 0.1) is 0 Å². The fraction of sp³-hybridized carbons (Fsp3) is 0.500. The summed E-state index contributed by atoms with van der Waals surface area (Å²) < 4.78 is 0. The molecule has 0 N–H and O–H groups in total. The number of rotatable bonds is 4. The van der Waals surface area contributed by atoms with Crippen molar-refractivity contribution < 1.29 is 9.59 Å². The SMILES string of the molecule is CCc1ccnc(N2CC(CSC(C)=O)CC2=O)c1. The molecule has 0 saturated carbocycles. The van der Waals surface area contributed by atoms with E-state index in [0.29, 0.717) is 18.7 Å². The number of carbonyl (C=O) groups excluding carboxylic acids is 2. The lowest BCUT2D eigenvalue weighted by atomic mass is 10.1. The fourth-order valence-electron chi connectivity index (χ4n) is 2.18. The summed E-state index contributed by atoms with van der Waals surface area (Å²) in [5.74, 6) is 1.80. The molecule has 0 bridgehead atoms. The molecule has 1 aliphatic rings. The number of nitrogens with zero attached hydrogens (tertiary/aromatic N) is 2. The summed E-state index contributed by atoms with van der Waals surface area (Å²) >= 11 is 1.30. The first-order chi connectivity index (χ1) is 9.10. The first-order valence-electron chi connectivity index (χ1n) is 6.48. The van der Waals surface area contributed by atoms with E-state index in [1.165, 1.54) is 17.3 Å². The first kappa shape index (κ1) is 14.1. The summed E-state index contributed by atoms with van der Waals surface area (Å²) in [6.45, 7) is 4.31. The summed E-state index contributed by atoms with van der Waals surface area (Å²) in [4.78, 5) is 29.0. The smallest absolute Gasteiger partial charge is 0.228 e. The number of aryl methyl sites for hydroxylation is 1. The Labute approximate surface area is 117 Å². The molecule has 4 nitrogen and oxygen atoms in total. The highest BCUT2D eigenvalue weighted by Crippen LogP contribution is 2.26. The zero-order valence-electron chi connectivity index (χ0n) is 11.3. The van der Waals surface area contributed by atoms with Gasteiger partial charge in [-0.1, -0.05) is 18.7 Å². The predicted molar refractivity (Wildman–Crippen MR) is 77.2 cm³/mol. The highest BCUT2D eigenvalue weighted by atomic mass is 32.2. The van der Waals surface area contributed by atoms with Crippen LogP contribution in [0.25, 0.3) is 0 Å². The maximum absolute atomic E-state index is 12.0. The van der Waals surface area contributed by atoms with Gasteiger partial charge >= 0.3 is 0 Å². The van der Waals surface area contributed by atoms with E-state index < -0.39 is 0 Å². The van der Waals surface area contributed by atoms with Gasteiger partial charge in [-0.3, -0.25) is 14.5 Å². The number of pyridine rings is 1. The fourth-order valence-corrected chi connectivity index (χ4v) is 2.87. The van der Waals surface area contributed by atoms with E-state index in [1.54, 1.807) is 18.0 Å².